The van der Waals surface area contributed by atoms with Crippen LogP contribution in [0, 0.1) is 5.82 Å². The number of benzene rings is 1. The third-order valence-corrected chi connectivity index (χ3v) is 2.72. The van der Waals surface area contributed by atoms with Gasteiger partial charge in [-0.15, -0.1) is 0 Å². The Balaban J connectivity index is 2.29. The van der Waals surface area contributed by atoms with Gasteiger partial charge >= 0.3 is 0 Å². The fourth-order valence-corrected chi connectivity index (χ4v) is 1.64. The smallest absolute Gasteiger partial charge is 0.224 e. The molecule has 0 bridgehead atoms. The van der Waals surface area contributed by atoms with Crippen LogP contribution in [0.1, 0.15) is 12.7 Å². The molecule has 0 radical (unpaired) electrons. The number of hydrogen-bond acceptors (Lipinski definition) is 4. The van der Waals surface area contributed by atoms with Gasteiger partial charge in [0.1, 0.15) is 23.2 Å². The fraction of sp³-hybridized carbons (Fsp3) is 0.231. The summed E-state index contributed by atoms with van der Waals surface area (Å²) in [5.74, 6) is 1.65. The van der Waals surface area contributed by atoms with Gasteiger partial charge < -0.3 is 10.1 Å². The van der Waals surface area contributed by atoms with Crippen LogP contribution in [0.5, 0.6) is 11.6 Å². The molecule has 0 fully saturated rings. The summed E-state index contributed by atoms with van der Waals surface area (Å²) in [4.78, 5) is 8.49. The van der Waals surface area contributed by atoms with Crippen molar-refractivity contribution in [2.45, 2.75) is 13.3 Å². The third-order valence-electron chi connectivity index (χ3n) is 2.43. The van der Waals surface area contributed by atoms with Gasteiger partial charge in [-0.2, -0.15) is 4.98 Å². The molecule has 4 nitrogen and oxygen atoms in total. The summed E-state index contributed by atoms with van der Waals surface area (Å²) in [6.45, 7) is 1.95. The first-order chi connectivity index (χ1) is 9.12. The van der Waals surface area contributed by atoms with E-state index in [0.717, 1.165) is 0 Å². The summed E-state index contributed by atoms with van der Waals surface area (Å²) >= 11 is 5.70. The lowest BCUT2D eigenvalue weighted by molar-refractivity contribution is 0.457. The quantitative estimate of drug-likeness (QED) is 0.929. The molecule has 100 valence electrons. The number of rotatable bonds is 4. The molecule has 1 aromatic heterocycles. The minimum absolute atomic E-state index is 0.0103. The second-order valence-corrected chi connectivity index (χ2v) is 4.20. The van der Waals surface area contributed by atoms with Crippen LogP contribution in [0.15, 0.2) is 24.3 Å². The maximum absolute atomic E-state index is 13.1. The number of aromatic nitrogens is 2. The Morgan fingerprint density at radius 2 is 2.11 bits per heavy atom. The zero-order valence-electron chi connectivity index (χ0n) is 10.6. The summed E-state index contributed by atoms with van der Waals surface area (Å²) < 4.78 is 18.6. The van der Waals surface area contributed by atoms with Crippen molar-refractivity contribution in [1.29, 1.82) is 0 Å². The summed E-state index contributed by atoms with van der Waals surface area (Å²) in [5, 5.41) is 2.94. The Kier molecular flexibility index (Phi) is 4.16. The van der Waals surface area contributed by atoms with Gasteiger partial charge in [0.2, 0.25) is 5.88 Å². The lowest BCUT2D eigenvalue weighted by Gasteiger charge is -2.08. The first kappa shape index (κ1) is 13.5. The molecule has 0 aliphatic rings. The Morgan fingerprint density at radius 1 is 1.32 bits per heavy atom. The second kappa shape index (κ2) is 5.84. The van der Waals surface area contributed by atoms with Gasteiger partial charge in [0.25, 0.3) is 0 Å². The molecule has 0 saturated heterocycles. The van der Waals surface area contributed by atoms with Crippen molar-refractivity contribution in [2.24, 2.45) is 0 Å². The van der Waals surface area contributed by atoms with E-state index in [1.165, 1.54) is 18.2 Å². The molecule has 0 saturated carbocycles. The van der Waals surface area contributed by atoms with Crippen LogP contribution in [-0.2, 0) is 6.42 Å². The van der Waals surface area contributed by atoms with Crippen molar-refractivity contribution in [3.05, 3.63) is 40.9 Å². The molecule has 1 aromatic carbocycles. The van der Waals surface area contributed by atoms with E-state index in [1.807, 2.05) is 6.92 Å². The maximum atomic E-state index is 13.1. The Morgan fingerprint density at radius 3 is 2.74 bits per heavy atom. The number of nitrogens with zero attached hydrogens (tertiary/aromatic N) is 2. The van der Waals surface area contributed by atoms with Gasteiger partial charge in [-0.25, -0.2) is 9.37 Å². The standard InChI is InChI=1S/C13H13ClFN3O/c1-3-11-17-12(16-2)7-13(18-11)19-8-4-5-10(15)9(14)6-8/h4-7H,3H2,1-2H3,(H,16,17,18). The fourth-order valence-electron chi connectivity index (χ4n) is 1.47. The summed E-state index contributed by atoms with van der Waals surface area (Å²) in [7, 11) is 1.76. The van der Waals surface area contributed by atoms with Crippen molar-refractivity contribution in [2.75, 3.05) is 12.4 Å². The Hall–Kier alpha value is -1.88. The number of aryl methyl sites for hydroxylation is 1. The number of hydrogen-bond donors (Lipinski definition) is 1. The monoisotopic (exact) mass is 281 g/mol. The molecule has 0 amide bonds. The topological polar surface area (TPSA) is 47.0 Å². The second-order valence-electron chi connectivity index (χ2n) is 3.79. The van der Waals surface area contributed by atoms with Crippen LogP contribution < -0.4 is 10.1 Å². The number of halogens is 2. The summed E-state index contributed by atoms with van der Waals surface area (Å²) in [6.07, 6.45) is 0.691. The molecule has 0 aliphatic carbocycles. The minimum Gasteiger partial charge on any atom is -0.439 e. The molecule has 0 spiro atoms. The number of ether oxygens (including phenoxy) is 1. The van der Waals surface area contributed by atoms with E-state index in [1.54, 1.807) is 13.1 Å². The molecule has 6 heteroatoms. The van der Waals surface area contributed by atoms with E-state index in [4.69, 9.17) is 16.3 Å². The van der Waals surface area contributed by atoms with Crippen molar-refractivity contribution in [3.63, 3.8) is 0 Å². The summed E-state index contributed by atoms with van der Waals surface area (Å²) in [5.41, 5.74) is 0. The third kappa shape index (κ3) is 3.32. The normalized spacial score (nSPS) is 10.3. The van der Waals surface area contributed by atoms with E-state index in [9.17, 15) is 4.39 Å². The average Bonchev–Trinajstić information content (AvgIpc) is 2.42. The maximum Gasteiger partial charge on any atom is 0.224 e. The van der Waals surface area contributed by atoms with Gasteiger partial charge in [-0.1, -0.05) is 18.5 Å². The van der Waals surface area contributed by atoms with E-state index in [2.05, 4.69) is 15.3 Å². The molecule has 1 heterocycles. The van der Waals surface area contributed by atoms with Gasteiger partial charge in [0.15, 0.2) is 0 Å². The first-order valence-electron chi connectivity index (χ1n) is 5.81. The van der Waals surface area contributed by atoms with Gasteiger partial charge in [0.05, 0.1) is 5.02 Å². The van der Waals surface area contributed by atoms with Crippen molar-refractivity contribution in [1.82, 2.24) is 9.97 Å². The number of anilines is 1. The molecular formula is C13H13ClFN3O. The van der Waals surface area contributed by atoms with Gasteiger partial charge in [0, 0.05) is 25.6 Å². The average molecular weight is 282 g/mol. The van der Waals surface area contributed by atoms with E-state index < -0.39 is 5.82 Å². The van der Waals surface area contributed by atoms with Crippen LogP contribution in [0.3, 0.4) is 0 Å². The largest absolute Gasteiger partial charge is 0.439 e. The molecule has 1 N–H and O–H groups in total. The highest BCUT2D eigenvalue weighted by Crippen LogP contribution is 2.26. The molecular weight excluding hydrogens is 269 g/mol. The van der Waals surface area contributed by atoms with E-state index in [0.29, 0.717) is 29.7 Å². The molecule has 19 heavy (non-hydrogen) atoms. The Labute approximate surface area is 115 Å². The van der Waals surface area contributed by atoms with E-state index in [-0.39, 0.29) is 5.02 Å². The number of nitrogens with one attached hydrogen (secondary N) is 1. The van der Waals surface area contributed by atoms with Crippen molar-refractivity contribution < 1.29 is 9.13 Å². The van der Waals surface area contributed by atoms with Crippen LogP contribution in [0.4, 0.5) is 10.2 Å². The first-order valence-corrected chi connectivity index (χ1v) is 6.18. The highest BCUT2D eigenvalue weighted by Gasteiger charge is 2.07. The molecule has 0 atom stereocenters. The van der Waals surface area contributed by atoms with Crippen LogP contribution in [0.2, 0.25) is 5.02 Å². The highest BCUT2D eigenvalue weighted by molar-refractivity contribution is 6.30. The highest BCUT2D eigenvalue weighted by atomic mass is 35.5. The summed E-state index contributed by atoms with van der Waals surface area (Å²) in [6, 6.07) is 5.81. The van der Waals surface area contributed by atoms with Gasteiger partial charge in [-0.3, -0.25) is 0 Å². The minimum atomic E-state index is -0.484. The van der Waals surface area contributed by atoms with Crippen LogP contribution in [-0.4, -0.2) is 17.0 Å². The Bertz CT molecular complexity index is 570. The SMILES string of the molecule is CCc1nc(NC)cc(Oc2ccc(F)c(Cl)c2)n1. The molecule has 2 aromatic rings. The molecule has 0 aliphatic heterocycles. The van der Waals surface area contributed by atoms with Crippen molar-refractivity contribution >= 4 is 17.4 Å². The van der Waals surface area contributed by atoms with Crippen LogP contribution >= 0.6 is 11.6 Å². The van der Waals surface area contributed by atoms with Crippen LogP contribution in [0.25, 0.3) is 0 Å². The lowest BCUT2D eigenvalue weighted by Crippen LogP contribution is -2.01. The zero-order valence-corrected chi connectivity index (χ0v) is 11.3. The van der Waals surface area contributed by atoms with Gasteiger partial charge in [-0.05, 0) is 12.1 Å². The molecule has 2 rings (SSSR count). The lowest BCUT2D eigenvalue weighted by atomic mass is 10.3. The van der Waals surface area contributed by atoms with E-state index >= 15 is 0 Å². The molecule has 0 unspecified atom stereocenters. The predicted molar refractivity (Wildman–Crippen MR) is 72.4 cm³/mol. The predicted octanol–water partition coefficient (Wildman–Crippen LogP) is 3.67. The zero-order chi connectivity index (χ0) is 13.8. The van der Waals surface area contributed by atoms with Crippen molar-refractivity contribution in [3.8, 4) is 11.6 Å².